The van der Waals surface area contributed by atoms with Gasteiger partial charge in [0.25, 0.3) is 0 Å². The van der Waals surface area contributed by atoms with E-state index >= 15 is 0 Å². The predicted octanol–water partition coefficient (Wildman–Crippen LogP) is 4.26. The van der Waals surface area contributed by atoms with Crippen LogP contribution >= 0.6 is 0 Å². The molecule has 0 aliphatic carbocycles. The van der Waals surface area contributed by atoms with Gasteiger partial charge in [0.15, 0.2) is 11.6 Å². The van der Waals surface area contributed by atoms with Crippen LogP contribution in [-0.4, -0.2) is 43.9 Å². The van der Waals surface area contributed by atoms with Crippen LogP contribution in [0.5, 0.6) is 34.5 Å². The molecule has 0 saturated carbocycles. The maximum absolute atomic E-state index is 12.6. The summed E-state index contributed by atoms with van der Waals surface area (Å²) >= 11 is 0. The number of phenolic OH excluding ortho intramolecular Hbond substituents is 4. The Hall–Kier alpha value is -5.64. The SMILES string of the molecule is O=C(CCC(=O)Oc1ccc(C(=O)c2ccccc2O)c(O)c1)Oc1ccc(C(=O)c2ccccc2O)c(O)c1. The third-order valence-electron chi connectivity index (χ3n) is 5.72. The standard InChI is InChI=1S/C30H22O10/c31-23-7-3-1-5-19(23)29(37)21-11-9-17(15-25(21)33)39-27(35)13-14-28(36)40-18-10-12-22(26(34)16-18)30(38)20-6-2-4-8-24(20)32/h1-12,15-16,31-34H,13-14H2. The Labute approximate surface area is 227 Å². The lowest BCUT2D eigenvalue weighted by Crippen LogP contribution is -2.14. The van der Waals surface area contributed by atoms with Crippen LogP contribution in [0.3, 0.4) is 0 Å². The van der Waals surface area contributed by atoms with E-state index in [4.69, 9.17) is 9.47 Å². The first-order chi connectivity index (χ1) is 19.1. The lowest BCUT2D eigenvalue weighted by molar-refractivity contribution is -0.140. The van der Waals surface area contributed by atoms with Crippen LogP contribution in [0, 0.1) is 0 Å². The number of rotatable bonds is 9. The average Bonchev–Trinajstić information content (AvgIpc) is 2.92. The van der Waals surface area contributed by atoms with Crippen LogP contribution in [0.2, 0.25) is 0 Å². The number of carbonyl (C=O) groups excluding carboxylic acids is 4. The molecule has 0 amide bonds. The highest BCUT2D eigenvalue weighted by Gasteiger charge is 2.20. The van der Waals surface area contributed by atoms with Crippen molar-refractivity contribution in [3.8, 4) is 34.5 Å². The van der Waals surface area contributed by atoms with Gasteiger partial charge in [0.2, 0.25) is 0 Å². The molecule has 40 heavy (non-hydrogen) atoms. The molecule has 202 valence electrons. The zero-order valence-electron chi connectivity index (χ0n) is 20.7. The van der Waals surface area contributed by atoms with Gasteiger partial charge in [-0.15, -0.1) is 0 Å². The fraction of sp³-hybridized carbons (Fsp3) is 0.0667. The normalized spacial score (nSPS) is 10.5. The summed E-state index contributed by atoms with van der Waals surface area (Å²) in [6, 6.07) is 18.8. The molecule has 4 aromatic rings. The number of hydrogen-bond acceptors (Lipinski definition) is 10. The summed E-state index contributed by atoms with van der Waals surface area (Å²) in [7, 11) is 0. The molecule has 0 fully saturated rings. The fourth-order valence-corrected chi connectivity index (χ4v) is 3.72. The number of para-hydroxylation sites is 2. The predicted molar refractivity (Wildman–Crippen MR) is 140 cm³/mol. The first-order valence-corrected chi connectivity index (χ1v) is 11.9. The molecule has 0 spiro atoms. The second kappa shape index (κ2) is 11.8. The summed E-state index contributed by atoms with van der Waals surface area (Å²) < 4.78 is 10.2. The number of hydrogen-bond donors (Lipinski definition) is 4. The molecule has 0 bridgehead atoms. The van der Waals surface area contributed by atoms with Gasteiger partial charge in [-0.25, -0.2) is 0 Å². The van der Waals surface area contributed by atoms with Crippen LogP contribution in [0.1, 0.15) is 44.7 Å². The molecule has 0 saturated heterocycles. The second-order valence-electron chi connectivity index (χ2n) is 8.50. The number of ketones is 2. The summed E-state index contributed by atoms with van der Waals surface area (Å²) in [5, 5.41) is 40.2. The number of esters is 2. The number of ether oxygens (including phenoxy) is 2. The largest absolute Gasteiger partial charge is 0.507 e. The van der Waals surface area contributed by atoms with Crippen LogP contribution in [0.15, 0.2) is 84.9 Å². The van der Waals surface area contributed by atoms with Gasteiger partial charge in [0.1, 0.15) is 34.5 Å². The zero-order valence-corrected chi connectivity index (χ0v) is 20.7. The van der Waals surface area contributed by atoms with Crippen molar-refractivity contribution in [2.75, 3.05) is 0 Å². The van der Waals surface area contributed by atoms with E-state index in [1.807, 2.05) is 0 Å². The number of phenols is 4. The van der Waals surface area contributed by atoms with Gasteiger partial charge in [0.05, 0.1) is 35.1 Å². The van der Waals surface area contributed by atoms with E-state index < -0.39 is 35.0 Å². The van der Waals surface area contributed by atoms with Gasteiger partial charge >= 0.3 is 11.9 Å². The van der Waals surface area contributed by atoms with E-state index in [-0.39, 0.29) is 58.1 Å². The first-order valence-electron chi connectivity index (χ1n) is 11.9. The quantitative estimate of drug-likeness (QED) is 0.136. The Morgan fingerprint density at radius 2 is 0.825 bits per heavy atom. The molecule has 0 unspecified atom stereocenters. The average molecular weight is 542 g/mol. The van der Waals surface area contributed by atoms with Crippen molar-refractivity contribution in [1.82, 2.24) is 0 Å². The van der Waals surface area contributed by atoms with E-state index in [0.29, 0.717) is 0 Å². The summed E-state index contributed by atoms with van der Waals surface area (Å²) in [6.45, 7) is 0. The van der Waals surface area contributed by atoms with Gasteiger partial charge in [-0.2, -0.15) is 0 Å². The van der Waals surface area contributed by atoms with Gasteiger partial charge in [-0.05, 0) is 48.5 Å². The lowest BCUT2D eigenvalue weighted by Gasteiger charge is -2.09. The van der Waals surface area contributed by atoms with Gasteiger partial charge in [-0.3, -0.25) is 19.2 Å². The Morgan fingerprint density at radius 3 is 1.18 bits per heavy atom. The highest BCUT2D eigenvalue weighted by atomic mass is 16.5. The number of carbonyl (C=O) groups is 4. The molecule has 0 atom stereocenters. The van der Waals surface area contributed by atoms with Crippen molar-refractivity contribution >= 4 is 23.5 Å². The van der Waals surface area contributed by atoms with Gasteiger partial charge in [-0.1, -0.05) is 24.3 Å². The van der Waals surface area contributed by atoms with E-state index in [1.165, 1.54) is 48.5 Å². The molecule has 0 radical (unpaired) electrons. The molecule has 4 N–H and O–H groups in total. The minimum absolute atomic E-state index is 0.00823. The maximum atomic E-state index is 12.6. The molecule has 10 heteroatoms. The second-order valence-corrected chi connectivity index (χ2v) is 8.50. The molecule has 10 nitrogen and oxygen atoms in total. The van der Waals surface area contributed by atoms with Crippen molar-refractivity contribution in [1.29, 1.82) is 0 Å². The maximum Gasteiger partial charge on any atom is 0.311 e. The van der Waals surface area contributed by atoms with Crippen LogP contribution in [0.25, 0.3) is 0 Å². The zero-order chi connectivity index (χ0) is 28.8. The number of aromatic hydroxyl groups is 4. The monoisotopic (exact) mass is 542 g/mol. The van der Waals surface area contributed by atoms with Gasteiger partial charge in [0, 0.05) is 12.1 Å². The first kappa shape index (κ1) is 27.4. The van der Waals surface area contributed by atoms with Crippen LogP contribution < -0.4 is 9.47 Å². The van der Waals surface area contributed by atoms with Crippen molar-refractivity contribution < 1.29 is 49.1 Å². The van der Waals surface area contributed by atoms with Crippen molar-refractivity contribution in [3.05, 3.63) is 107 Å². The van der Waals surface area contributed by atoms with Crippen LogP contribution in [-0.2, 0) is 9.59 Å². The van der Waals surface area contributed by atoms with E-state index in [1.54, 1.807) is 24.3 Å². The highest BCUT2D eigenvalue weighted by Crippen LogP contribution is 2.30. The Morgan fingerprint density at radius 1 is 0.475 bits per heavy atom. The highest BCUT2D eigenvalue weighted by molar-refractivity contribution is 6.13. The van der Waals surface area contributed by atoms with Crippen molar-refractivity contribution in [2.24, 2.45) is 0 Å². The Balaban J connectivity index is 1.31. The molecular formula is C30H22O10. The molecule has 0 aromatic heterocycles. The number of benzene rings is 4. The molecule has 0 aliphatic rings. The fourth-order valence-electron chi connectivity index (χ4n) is 3.72. The molecule has 0 aliphatic heterocycles. The van der Waals surface area contributed by atoms with Crippen molar-refractivity contribution in [2.45, 2.75) is 12.8 Å². The van der Waals surface area contributed by atoms with Crippen molar-refractivity contribution in [3.63, 3.8) is 0 Å². The smallest absolute Gasteiger partial charge is 0.311 e. The minimum atomic E-state index is -0.817. The summed E-state index contributed by atoms with van der Waals surface area (Å²) in [5.41, 5.74) is -0.236. The Kier molecular flexibility index (Phi) is 8.10. The minimum Gasteiger partial charge on any atom is -0.507 e. The molecular weight excluding hydrogens is 520 g/mol. The molecule has 4 aromatic carbocycles. The third kappa shape index (κ3) is 6.25. The van der Waals surface area contributed by atoms with Crippen LogP contribution in [0.4, 0.5) is 0 Å². The molecule has 4 rings (SSSR count). The van der Waals surface area contributed by atoms with Gasteiger partial charge < -0.3 is 29.9 Å². The lowest BCUT2D eigenvalue weighted by atomic mass is 10.0. The van der Waals surface area contributed by atoms with E-state index in [9.17, 15) is 39.6 Å². The summed E-state index contributed by atoms with van der Waals surface area (Å²) in [5.74, 6) is -4.47. The Bertz CT molecular complexity index is 1500. The third-order valence-corrected chi connectivity index (χ3v) is 5.72. The molecule has 0 heterocycles. The summed E-state index contributed by atoms with van der Waals surface area (Å²) in [6.07, 6.45) is -0.762. The topological polar surface area (TPSA) is 168 Å². The van der Waals surface area contributed by atoms with E-state index in [0.717, 1.165) is 12.1 Å². The van der Waals surface area contributed by atoms with E-state index in [2.05, 4.69) is 0 Å². The summed E-state index contributed by atoms with van der Waals surface area (Å²) in [4.78, 5) is 49.5.